The number of pyridine rings is 1. The molecule has 1 rings (SSSR count). The predicted molar refractivity (Wildman–Crippen MR) is 68.4 cm³/mol. The molecular weight excluding hydrogens is 214 g/mol. The lowest BCUT2D eigenvalue weighted by Gasteiger charge is -2.10. The molecule has 3 nitrogen and oxygen atoms in total. The van der Waals surface area contributed by atoms with Gasteiger partial charge in [0.15, 0.2) is 5.78 Å². The van der Waals surface area contributed by atoms with E-state index in [1.54, 1.807) is 18.5 Å². The Balaban J connectivity index is 2.95. The summed E-state index contributed by atoms with van der Waals surface area (Å²) in [7, 11) is 0. The van der Waals surface area contributed by atoms with E-state index in [9.17, 15) is 4.79 Å². The molecule has 92 valence electrons. The molecule has 0 aromatic carbocycles. The molecule has 1 aromatic heterocycles. The Labute approximate surface area is 103 Å². The van der Waals surface area contributed by atoms with E-state index in [-0.39, 0.29) is 11.9 Å². The molecule has 0 bridgehead atoms. The van der Waals surface area contributed by atoms with Gasteiger partial charge in [-0.1, -0.05) is 13.0 Å². The number of hydrogen-bond donors (Lipinski definition) is 0. The maximum Gasteiger partial charge on any atom is 0.190 e. The van der Waals surface area contributed by atoms with E-state index >= 15 is 0 Å². The molecule has 0 aliphatic rings. The van der Waals surface area contributed by atoms with Crippen LogP contribution in [0.15, 0.2) is 30.1 Å². The highest BCUT2D eigenvalue weighted by Gasteiger charge is 2.11. The van der Waals surface area contributed by atoms with Crippen molar-refractivity contribution < 1.29 is 9.53 Å². The van der Waals surface area contributed by atoms with Crippen molar-refractivity contribution in [2.45, 2.75) is 40.2 Å². The minimum atomic E-state index is 0.0247. The summed E-state index contributed by atoms with van der Waals surface area (Å²) in [5.41, 5.74) is 1.38. The van der Waals surface area contributed by atoms with Crippen LogP contribution >= 0.6 is 0 Å². The Hall–Kier alpha value is -1.64. The minimum Gasteiger partial charge on any atom is -0.489 e. The van der Waals surface area contributed by atoms with Crippen LogP contribution in [0.3, 0.4) is 0 Å². The molecule has 0 radical (unpaired) electrons. The second kappa shape index (κ2) is 6.18. The van der Waals surface area contributed by atoms with Gasteiger partial charge in [-0.15, -0.1) is 0 Å². The van der Waals surface area contributed by atoms with Gasteiger partial charge in [0.1, 0.15) is 5.75 Å². The van der Waals surface area contributed by atoms with Gasteiger partial charge in [0.25, 0.3) is 0 Å². The number of allylic oxidation sites excluding steroid dienone is 2. The van der Waals surface area contributed by atoms with Gasteiger partial charge in [-0.05, 0) is 38.8 Å². The SMILES string of the molecule is C/C=C(/CC)C(=O)c1cncc(OC(C)C)c1. The molecule has 1 heterocycles. The second-order valence-corrected chi connectivity index (χ2v) is 4.07. The fraction of sp³-hybridized carbons (Fsp3) is 0.429. The van der Waals surface area contributed by atoms with Gasteiger partial charge < -0.3 is 4.74 Å². The molecule has 0 saturated carbocycles. The van der Waals surface area contributed by atoms with Crippen LogP contribution in [0, 0.1) is 0 Å². The summed E-state index contributed by atoms with van der Waals surface area (Å²) in [5.74, 6) is 0.661. The summed E-state index contributed by atoms with van der Waals surface area (Å²) < 4.78 is 5.52. The van der Waals surface area contributed by atoms with Crippen molar-refractivity contribution in [2.24, 2.45) is 0 Å². The minimum absolute atomic E-state index is 0.0247. The molecule has 0 fully saturated rings. The van der Waals surface area contributed by atoms with Crippen LogP contribution in [0.4, 0.5) is 0 Å². The molecule has 0 spiro atoms. The summed E-state index contributed by atoms with van der Waals surface area (Å²) in [6, 6.07) is 1.74. The normalized spacial score (nSPS) is 11.7. The molecule has 0 aliphatic heterocycles. The van der Waals surface area contributed by atoms with Gasteiger partial charge >= 0.3 is 0 Å². The molecule has 0 N–H and O–H groups in total. The van der Waals surface area contributed by atoms with Gasteiger partial charge in [-0.25, -0.2) is 0 Å². The monoisotopic (exact) mass is 233 g/mol. The van der Waals surface area contributed by atoms with E-state index in [1.807, 2.05) is 33.8 Å². The van der Waals surface area contributed by atoms with Crippen molar-refractivity contribution in [1.82, 2.24) is 4.98 Å². The maximum absolute atomic E-state index is 12.1. The fourth-order valence-electron chi connectivity index (χ4n) is 1.56. The lowest BCUT2D eigenvalue weighted by molar-refractivity contribution is 0.103. The zero-order valence-corrected chi connectivity index (χ0v) is 10.9. The molecule has 17 heavy (non-hydrogen) atoms. The molecule has 0 amide bonds. The first-order valence-corrected chi connectivity index (χ1v) is 5.90. The molecule has 0 atom stereocenters. The number of nitrogens with zero attached hydrogens (tertiary/aromatic N) is 1. The maximum atomic E-state index is 12.1. The van der Waals surface area contributed by atoms with E-state index in [0.717, 1.165) is 12.0 Å². The topological polar surface area (TPSA) is 39.2 Å². The largest absolute Gasteiger partial charge is 0.489 e. The Morgan fingerprint density at radius 2 is 2.18 bits per heavy atom. The highest BCUT2D eigenvalue weighted by Crippen LogP contribution is 2.17. The Morgan fingerprint density at radius 1 is 1.47 bits per heavy atom. The molecule has 3 heteroatoms. The third-order valence-corrected chi connectivity index (χ3v) is 2.37. The first-order chi connectivity index (χ1) is 8.08. The third kappa shape index (κ3) is 3.70. The van der Waals surface area contributed by atoms with E-state index in [0.29, 0.717) is 11.3 Å². The first-order valence-electron chi connectivity index (χ1n) is 5.90. The number of ether oxygens (including phenoxy) is 1. The summed E-state index contributed by atoms with van der Waals surface area (Å²) in [4.78, 5) is 16.1. The molecule has 0 aliphatic carbocycles. The number of carbonyl (C=O) groups excluding carboxylic acids is 1. The lowest BCUT2D eigenvalue weighted by Crippen LogP contribution is -2.08. The van der Waals surface area contributed by atoms with Crippen LogP contribution in [-0.2, 0) is 0 Å². The van der Waals surface area contributed by atoms with E-state index < -0.39 is 0 Å². The van der Waals surface area contributed by atoms with E-state index in [2.05, 4.69) is 4.98 Å². The summed E-state index contributed by atoms with van der Waals surface area (Å²) in [5, 5.41) is 0. The number of ketones is 1. The van der Waals surface area contributed by atoms with Gasteiger partial charge in [-0.3, -0.25) is 9.78 Å². The van der Waals surface area contributed by atoms with Crippen molar-refractivity contribution in [2.75, 3.05) is 0 Å². The number of aromatic nitrogens is 1. The third-order valence-electron chi connectivity index (χ3n) is 2.37. The summed E-state index contributed by atoms with van der Waals surface area (Å²) in [6.07, 6.45) is 5.85. The molecule has 0 saturated heterocycles. The van der Waals surface area contributed by atoms with Gasteiger partial charge in [0.05, 0.1) is 12.3 Å². The highest BCUT2D eigenvalue weighted by molar-refractivity contribution is 6.08. The highest BCUT2D eigenvalue weighted by atomic mass is 16.5. The van der Waals surface area contributed by atoms with Crippen molar-refractivity contribution in [3.63, 3.8) is 0 Å². The predicted octanol–water partition coefficient (Wildman–Crippen LogP) is 3.41. The van der Waals surface area contributed by atoms with Crippen molar-refractivity contribution in [3.8, 4) is 5.75 Å². The van der Waals surface area contributed by atoms with Crippen molar-refractivity contribution >= 4 is 5.78 Å². The quantitative estimate of drug-likeness (QED) is 0.578. The van der Waals surface area contributed by atoms with Crippen LogP contribution in [0.1, 0.15) is 44.5 Å². The lowest BCUT2D eigenvalue weighted by atomic mass is 10.0. The van der Waals surface area contributed by atoms with Gasteiger partial charge in [0, 0.05) is 11.8 Å². The second-order valence-electron chi connectivity index (χ2n) is 4.07. The average molecular weight is 233 g/mol. The van der Waals surface area contributed by atoms with Crippen molar-refractivity contribution in [3.05, 3.63) is 35.7 Å². The first kappa shape index (κ1) is 13.4. The average Bonchev–Trinajstić information content (AvgIpc) is 2.30. The van der Waals surface area contributed by atoms with Crippen LogP contribution in [0.5, 0.6) is 5.75 Å². The standard InChI is InChI=1S/C14H19NO2/c1-5-11(6-2)14(16)12-7-13(9-15-8-12)17-10(3)4/h5,7-10H,6H2,1-4H3/b11-5-. The van der Waals surface area contributed by atoms with Crippen LogP contribution in [-0.4, -0.2) is 16.9 Å². The Kier molecular flexibility index (Phi) is 4.88. The zero-order chi connectivity index (χ0) is 12.8. The zero-order valence-electron chi connectivity index (χ0n) is 10.9. The van der Waals surface area contributed by atoms with E-state index in [4.69, 9.17) is 4.74 Å². The molecule has 1 aromatic rings. The number of Topliss-reactive ketones (excluding diaryl/α,β-unsaturated/α-hetero) is 1. The van der Waals surface area contributed by atoms with Crippen LogP contribution in [0.2, 0.25) is 0 Å². The summed E-state index contributed by atoms with van der Waals surface area (Å²) >= 11 is 0. The number of carbonyl (C=O) groups is 1. The summed E-state index contributed by atoms with van der Waals surface area (Å²) in [6.45, 7) is 7.73. The molecule has 0 unspecified atom stereocenters. The number of rotatable bonds is 5. The Bertz CT molecular complexity index is 422. The van der Waals surface area contributed by atoms with Crippen LogP contribution < -0.4 is 4.74 Å². The molecular formula is C14H19NO2. The van der Waals surface area contributed by atoms with E-state index in [1.165, 1.54) is 0 Å². The van der Waals surface area contributed by atoms with Gasteiger partial charge in [0.2, 0.25) is 0 Å². The van der Waals surface area contributed by atoms with Crippen LogP contribution in [0.25, 0.3) is 0 Å². The number of hydrogen-bond acceptors (Lipinski definition) is 3. The van der Waals surface area contributed by atoms with Crippen molar-refractivity contribution in [1.29, 1.82) is 0 Å². The smallest absolute Gasteiger partial charge is 0.190 e. The van der Waals surface area contributed by atoms with Gasteiger partial charge in [-0.2, -0.15) is 0 Å². The fourth-order valence-corrected chi connectivity index (χ4v) is 1.56. The Morgan fingerprint density at radius 3 is 2.71 bits per heavy atom.